The van der Waals surface area contributed by atoms with Crippen LogP contribution in [0.5, 0.6) is 0 Å². The van der Waals surface area contributed by atoms with Crippen LogP contribution in [0.3, 0.4) is 0 Å². The van der Waals surface area contributed by atoms with Gasteiger partial charge >= 0.3 is 5.97 Å². The standard InChI is InChI=1S/C18H25N3O3S/c1-4-24-18(23)14-11(2)13-16(22)19-15(20-17(13)25-14)12(3)21-9-7-5-6-8-10-21/h12H,4-10H2,1-3H3,(H,19,20,22)/t12-/m0/s1. The lowest BCUT2D eigenvalue weighted by Gasteiger charge is -2.26. The predicted molar refractivity (Wildman–Crippen MR) is 99.4 cm³/mol. The Labute approximate surface area is 151 Å². The highest BCUT2D eigenvalue weighted by atomic mass is 32.1. The van der Waals surface area contributed by atoms with Gasteiger partial charge in [0.25, 0.3) is 5.56 Å². The fraction of sp³-hybridized carbons (Fsp3) is 0.611. The summed E-state index contributed by atoms with van der Waals surface area (Å²) < 4.78 is 5.09. The SMILES string of the molecule is CCOC(=O)c1sc2nc([C@H](C)N3CCCCCC3)[nH]c(=O)c2c1C. The Bertz CT molecular complexity index is 819. The summed E-state index contributed by atoms with van der Waals surface area (Å²) in [6, 6.07) is 0.0589. The minimum Gasteiger partial charge on any atom is -0.462 e. The van der Waals surface area contributed by atoms with Crippen molar-refractivity contribution in [3.05, 3.63) is 26.6 Å². The van der Waals surface area contributed by atoms with E-state index in [1.54, 1.807) is 13.8 Å². The minimum atomic E-state index is -0.385. The maximum atomic E-state index is 12.6. The van der Waals surface area contributed by atoms with E-state index in [4.69, 9.17) is 4.74 Å². The molecular weight excluding hydrogens is 338 g/mol. The van der Waals surface area contributed by atoms with Crippen LogP contribution in [0.25, 0.3) is 10.2 Å². The van der Waals surface area contributed by atoms with Crippen molar-refractivity contribution in [2.75, 3.05) is 19.7 Å². The van der Waals surface area contributed by atoms with Crippen LogP contribution < -0.4 is 5.56 Å². The van der Waals surface area contributed by atoms with Gasteiger partial charge in [0.2, 0.25) is 0 Å². The molecule has 1 aliphatic rings. The number of aryl methyl sites for hydroxylation is 1. The molecule has 0 aromatic carbocycles. The third kappa shape index (κ3) is 3.62. The molecule has 2 aromatic rings. The van der Waals surface area contributed by atoms with Crippen LogP contribution in [-0.4, -0.2) is 40.5 Å². The number of nitrogens with one attached hydrogen (secondary N) is 1. The van der Waals surface area contributed by atoms with Gasteiger partial charge in [0.15, 0.2) is 0 Å². The number of thiophene rings is 1. The first-order valence-corrected chi connectivity index (χ1v) is 9.79. The number of fused-ring (bicyclic) bond motifs is 1. The van der Waals surface area contributed by atoms with Crippen LogP contribution in [-0.2, 0) is 4.74 Å². The fourth-order valence-electron chi connectivity index (χ4n) is 3.41. The van der Waals surface area contributed by atoms with E-state index in [-0.39, 0.29) is 17.6 Å². The molecule has 1 N–H and O–H groups in total. The summed E-state index contributed by atoms with van der Waals surface area (Å²) in [5.41, 5.74) is 0.479. The Hall–Kier alpha value is -1.73. The summed E-state index contributed by atoms with van der Waals surface area (Å²) >= 11 is 1.24. The van der Waals surface area contributed by atoms with Crippen molar-refractivity contribution in [2.45, 2.75) is 52.5 Å². The smallest absolute Gasteiger partial charge is 0.348 e. The quantitative estimate of drug-likeness (QED) is 0.843. The lowest BCUT2D eigenvalue weighted by Crippen LogP contribution is -2.30. The number of carbonyl (C=O) groups excluding carboxylic acids is 1. The van der Waals surface area contributed by atoms with Crippen LogP contribution in [0, 0.1) is 6.92 Å². The van der Waals surface area contributed by atoms with Gasteiger partial charge in [-0.2, -0.15) is 0 Å². The fourth-order valence-corrected chi connectivity index (χ4v) is 4.49. The first-order chi connectivity index (χ1) is 12.0. The molecule has 0 spiro atoms. The molecule has 3 heterocycles. The summed E-state index contributed by atoms with van der Waals surface area (Å²) in [6.45, 7) is 8.00. The number of hydrogen-bond donors (Lipinski definition) is 1. The van der Waals surface area contributed by atoms with Gasteiger partial charge in [-0.1, -0.05) is 12.8 Å². The highest BCUT2D eigenvalue weighted by Crippen LogP contribution is 2.29. The second-order valence-corrected chi connectivity index (χ2v) is 7.53. The molecule has 136 valence electrons. The summed E-state index contributed by atoms with van der Waals surface area (Å²) in [5, 5.41) is 0.500. The van der Waals surface area contributed by atoms with E-state index >= 15 is 0 Å². The Morgan fingerprint density at radius 2 is 2.00 bits per heavy atom. The molecule has 0 amide bonds. The number of carbonyl (C=O) groups is 1. The summed E-state index contributed by atoms with van der Waals surface area (Å²) in [4.78, 5) is 35.8. The molecule has 1 atom stereocenters. The Balaban J connectivity index is 1.98. The summed E-state index contributed by atoms with van der Waals surface area (Å²) in [7, 11) is 0. The van der Waals surface area contributed by atoms with Crippen LogP contribution in [0.1, 0.15) is 66.6 Å². The van der Waals surface area contributed by atoms with Gasteiger partial charge in [0, 0.05) is 0 Å². The van der Waals surface area contributed by atoms with Crippen LogP contribution in [0.4, 0.5) is 0 Å². The highest BCUT2D eigenvalue weighted by molar-refractivity contribution is 7.20. The van der Waals surface area contributed by atoms with Crippen molar-refractivity contribution in [1.29, 1.82) is 0 Å². The van der Waals surface area contributed by atoms with Gasteiger partial charge in [0.1, 0.15) is 15.5 Å². The second-order valence-electron chi connectivity index (χ2n) is 6.53. The van der Waals surface area contributed by atoms with E-state index in [1.807, 2.05) is 0 Å². The number of nitrogens with zero attached hydrogens (tertiary/aromatic N) is 2. The molecule has 0 unspecified atom stereocenters. The largest absolute Gasteiger partial charge is 0.462 e. The molecule has 1 saturated heterocycles. The number of hydrogen-bond acceptors (Lipinski definition) is 6. The molecule has 6 nitrogen and oxygen atoms in total. The molecule has 2 aromatic heterocycles. The average Bonchev–Trinajstić information content (AvgIpc) is 2.77. The molecular formula is C18H25N3O3S. The van der Waals surface area contributed by atoms with Crippen molar-refractivity contribution in [2.24, 2.45) is 0 Å². The summed E-state index contributed by atoms with van der Waals surface area (Å²) in [6.07, 6.45) is 4.89. The number of esters is 1. The third-order valence-electron chi connectivity index (χ3n) is 4.86. The summed E-state index contributed by atoms with van der Waals surface area (Å²) in [5.74, 6) is 0.292. The molecule has 0 radical (unpaired) electrons. The molecule has 0 saturated carbocycles. The third-order valence-corrected chi connectivity index (χ3v) is 6.03. The van der Waals surface area contributed by atoms with Crippen LogP contribution in [0.15, 0.2) is 4.79 Å². The van der Waals surface area contributed by atoms with Crippen molar-refractivity contribution in [3.8, 4) is 0 Å². The number of aromatic amines is 1. The van der Waals surface area contributed by atoms with Gasteiger partial charge in [0.05, 0.1) is 18.0 Å². The highest BCUT2D eigenvalue weighted by Gasteiger charge is 2.23. The first-order valence-electron chi connectivity index (χ1n) is 8.97. The van der Waals surface area contributed by atoms with E-state index in [0.717, 1.165) is 13.1 Å². The van der Waals surface area contributed by atoms with Gasteiger partial charge in [-0.15, -0.1) is 11.3 Å². The molecule has 3 rings (SSSR count). The van der Waals surface area contributed by atoms with Crippen LogP contribution in [0.2, 0.25) is 0 Å². The Morgan fingerprint density at radius 3 is 2.64 bits per heavy atom. The van der Waals surface area contributed by atoms with Gasteiger partial charge in [-0.3, -0.25) is 9.69 Å². The maximum Gasteiger partial charge on any atom is 0.348 e. The molecule has 7 heteroatoms. The normalized spacial score (nSPS) is 17.4. The van der Waals surface area contributed by atoms with Gasteiger partial charge < -0.3 is 9.72 Å². The van der Waals surface area contributed by atoms with Crippen LogP contribution >= 0.6 is 11.3 Å². The molecule has 0 bridgehead atoms. The zero-order chi connectivity index (χ0) is 18.0. The van der Waals surface area contributed by atoms with Crippen molar-refractivity contribution >= 4 is 27.5 Å². The van der Waals surface area contributed by atoms with E-state index < -0.39 is 0 Å². The molecule has 0 aliphatic carbocycles. The zero-order valence-corrected chi connectivity index (χ0v) is 15.9. The Morgan fingerprint density at radius 1 is 1.32 bits per heavy atom. The van der Waals surface area contributed by atoms with Crippen molar-refractivity contribution < 1.29 is 9.53 Å². The van der Waals surface area contributed by atoms with E-state index in [2.05, 4.69) is 21.8 Å². The average molecular weight is 363 g/mol. The zero-order valence-electron chi connectivity index (χ0n) is 15.1. The topological polar surface area (TPSA) is 75.3 Å². The second kappa shape index (κ2) is 7.66. The minimum absolute atomic E-state index is 0.0589. The number of H-pyrrole nitrogens is 1. The van der Waals surface area contributed by atoms with Gasteiger partial charge in [-0.05, 0) is 52.3 Å². The molecule has 1 aliphatic heterocycles. The lowest BCUT2D eigenvalue weighted by molar-refractivity contribution is 0.0531. The lowest BCUT2D eigenvalue weighted by atomic mass is 10.2. The predicted octanol–water partition coefficient (Wildman–Crippen LogP) is 3.41. The van der Waals surface area contributed by atoms with Crippen molar-refractivity contribution in [1.82, 2.24) is 14.9 Å². The van der Waals surface area contributed by atoms with Crippen molar-refractivity contribution in [3.63, 3.8) is 0 Å². The monoisotopic (exact) mass is 363 g/mol. The molecule has 25 heavy (non-hydrogen) atoms. The van der Waals surface area contributed by atoms with E-state index in [1.165, 1.54) is 37.0 Å². The number of ether oxygens (including phenoxy) is 1. The number of likely N-dealkylation sites (tertiary alicyclic amines) is 1. The van der Waals surface area contributed by atoms with Gasteiger partial charge in [-0.25, -0.2) is 9.78 Å². The van der Waals surface area contributed by atoms with E-state index in [0.29, 0.717) is 33.1 Å². The maximum absolute atomic E-state index is 12.6. The Kier molecular flexibility index (Phi) is 5.54. The molecule has 1 fully saturated rings. The first kappa shape index (κ1) is 18.1. The van der Waals surface area contributed by atoms with E-state index in [9.17, 15) is 9.59 Å². The number of rotatable bonds is 4. The number of aromatic nitrogens is 2.